The molecule has 3 aliphatic rings. The molecule has 0 aliphatic heterocycles. The van der Waals surface area contributed by atoms with E-state index < -0.39 is 14.0 Å². The smallest absolute Gasteiger partial charge is 0.0612 e. The summed E-state index contributed by atoms with van der Waals surface area (Å²) in [4.78, 5) is 0. The van der Waals surface area contributed by atoms with Gasteiger partial charge in [-0.3, -0.25) is 0 Å². The van der Waals surface area contributed by atoms with Gasteiger partial charge in [0, 0.05) is 18.0 Å². The number of allylic oxidation sites excluding steroid dienone is 1. The van der Waals surface area contributed by atoms with Crippen LogP contribution in [0.4, 0.5) is 0 Å². The van der Waals surface area contributed by atoms with Crippen LogP contribution in [0.2, 0.25) is 0 Å². The van der Waals surface area contributed by atoms with E-state index in [0.29, 0.717) is 5.41 Å². The van der Waals surface area contributed by atoms with Crippen LogP contribution in [0.25, 0.3) is 0 Å². The highest BCUT2D eigenvalue weighted by atomic mass is 32.4. The van der Waals surface area contributed by atoms with Crippen LogP contribution in [0.15, 0.2) is 133 Å². The maximum Gasteiger partial charge on any atom is 0.0612 e. The fraction of sp³-hybridized carbons (Fsp3) is 0.527. The summed E-state index contributed by atoms with van der Waals surface area (Å²) in [5, 5.41) is 5.68. The second-order valence-corrected chi connectivity index (χ2v) is 26.8. The topological polar surface area (TPSA) is 9.23 Å². The van der Waals surface area contributed by atoms with Crippen molar-refractivity contribution in [2.24, 2.45) is 40.9 Å². The molecular formula is C55H74OP2S. The van der Waals surface area contributed by atoms with Gasteiger partial charge in [-0.1, -0.05) is 212 Å². The fourth-order valence-corrected chi connectivity index (χ4v) is 22.0. The lowest BCUT2D eigenvalue weighted by Gasteiger charge is -2.51. The number of benzene rings is 4. The van der Waals surface area contributed by atoms with Crippen molar-refractivity contribution in [2.45, 2.75) is 136 Å². The summed E-state index contributed by atoms with van der Waals surface area (Å²) in [6.45, 7) is 13.2. The molecule has 0 amide bonds. The Morgan fingerprint density at radius 2 is 1.32 bits per heavy atom. The first-order valence-electron chi connectivity index (χ1n) is 23.6. The normalized spacial score (nSPS) is 24.6. The van der Waals surface area contributed by atoms with E-state index in [-0.39, 0.29) is 11.5 Å². The number of fused-ring (bicyclic) bond motifs is 3. The Balaban J connectivity index is 1.11. The summed E-state index contributed by atoms with van der Waals surface area (Å²) in [6.07, 6.45) is 21.2. The third kappa shape index (κ3) is 10.5. The zero-order chi connectivity index (χ0) is 41.2. The molecule has 0 aromatic heterocycles. The van der Waals surface area contributed by atoms with Gasteiger partial charge in [-0.25, -0.2) is 0 Å². The first kappa shape index (κ1) is 44.7. The molecule has 0 spiro atoms. The van der Waals surface area contributed by atoms with Crippen LogP contribution < -0.4 is 21.2 Å². The van der Waals surface area contributed by atoms with E-state index in [2.05, 4.69) is 162 Å². The van der Waals surface area contributed by atoms with Crippen LogP contribution in [0.5, 0.6) is 0 Å². The van der Waals surface area contributed by atoms with Crippen LogP contribution in [0.3, 0.4) is 0 Å². The maximum atomic E-state index is 7.22. The Labute approximate surface area is 366 Å². The van der Waals surface area contributed by atoms with E-state index >= 15 is 0 Å². The lowest BCUT2D eigenvalue weighted by molar-refractivity contribution is -0.00821. The van der Waals surface area contributed by atoms with E-state index in [1.165, 1.54) is 91.8 Å². The number of rotatable bonds is 20. The summed E-state index contributed by atoms with van der Waals surface area (Å²) >= 11 is 7.22. The Hall–Kier alpha value is -2.34. The summed E-state index contributed by atoms with van der Waals surface area (Å²) in [6, 6.07) is 42.5. The molecule has 8 atom stereocenters. The number of ether oxygens (including phenoxy) is 1. The largest absolute Gasteiger partial charge is 0.378 e. The minimum absolute atomic E-state index is 0.244. The Morgan fingerprint density at radius 1 is 0.729 bits per heavy atom. The minimum Gasteiger partial charge on any atom is -0.378 e. The highest BCUT2D eigenvalue weighted by Crippen LogP contribution is 2.64. The van der Waals surface area contributed by atoms with Gasteiger partial charge in [0.05, 0.1) is 6.10 Å². The zero-order valence-electron chi connectivity index (χ0n) is 37.1. The van der Waals surface area contributed by atoms with Gasteiger partial charge in [0.1, 0.15) is 0 Å². The van der Waals surface area contributed by atoms with Crippen LogP contribution in [-0.4, -0.2) is 18.1 Å². The van der Waals surface area contributed by atoms with Crippen LogP contribution in [-0.2, 0) is 16.5 Å². The molecule has 0 bridgehead atoms. The quantitative estimate of drug-likeness (QED) is 0.0647. The zero-order valence-corrected chi connectivity index (χ0v) is 39.7. The van der Waals surface area contributed by atoms with Gasteiger partial charge in [0.15, 0.2) is 0 Å². The SMILES string of the molecule is CCCC[C@@H](CC1=CC[C@@H]2[C@H](CC[C@]3(C)C(C(C)CCCC(C)C)CC[C@@H]23)C1)OCCC(P(c1ccccc1)c1ccccc1)P(=S)(c1ccccc1)c1ccccc1. The average molecular weight is 845 g/mol. The van der Waals surface area contributed by atoms with Gasteiger partial charge in [-0.2, -0.15) is 0 Å². The molecule has 3 aliphatic carbocycles. The highest BCUT2D eigenvalue weighted by molar-refractivity contribution is 8.25. The summed E-state index contributed by atoms with van der Waals surface area (Å²) < 4.78 is 7.22. The maximum absolute atomic E-state index is 7.22. The van der Waals surface area contributed by atoms with E-state index in [1.54, 1.807) is 5.57 Å². The summed E-state index contributed by atoms with van der Waals surface area (Å²) in [7, 11) is -0.786. The molecule has 316 valence electrons. The monoisotopic (exact) mass is 844 g/mol. The van der Waals surface area contributed by atoms with Gasteiger partial charge >= 0.3 is 0 Å². The number of unbranched alkanes of at least 4 members (excludes halogenated alkanes) is 1. The van der Waals surface area contributed by atoms with Crippen molar-refractivity contribution < 1.29 is 4.74 Å². The van der Waals surface area contributed by atoms with Gasteiger partial charge in [-0.05, 0) is 128 Å². The summed E-state index contributed by atoms with van der Waals surface area (Å²) in [5.74, 6) is 5.29. The van der Waals surface area contributed by atoms with Crippen molar-refractivity contribution in [2.75, 3.05) is 6.61 Å². The Bertz CT molecular complexity index is 1850. The van der Waals surface area contributed by atoms with E-state index in [0.717, 1.165) is 61.4 Å². The average Bonchev–Trinajstić information content (AvgIpc) is 3.63. The van der Waals surface area contributed by atoms with E-state index in [9.17, 15) is 0 Å². The Kier molecular flexibility index (Phi) is 16.0. The summed E-state index contributed by atoms with van der Waals surface area (Å²) in [5.41, 5.74) is 2.24. The molecule has 2 saturated carbocycles. The molecule has 2 fully saturated rings. The third-order valence-electron chi connectivity index (χ3n) is 15.2. The van der Waals surface area contributed by atoms with Crippen molar-refractivity contribution in [1.82, 2.24) is 0 Å². The molecule has 0 heterocycles. The first-order chi connectivity index (χ1) is 28.7. The molecule has 59 heavy (non-hydrogen) atoms. The second-order valence-electron chi connectivity index (χ2n) is 19.3. The van der Waals surface area contributed by atoms with Crippen molar-refractivity contribution in [3.8, 4) is 0 Å². The molecule has 0 N–H and O–H groups in total. The molecule has 4 aromatic carbocycles. The first-order valence-corrected chi connectivity index (χ1v) is 27.9. The molecule has 4 aromatic rings. The van der Waals surface area contributed by atoms with Crippen molar-refractivity contribution >= 4 is 47.0 Å². The second kappa shape index (κ2) is 21.2. The number of hydrogen-bond acceptors (Lipinski definition) is 2. The van der Waals surface area contributed by atoms with E-state index in [4.69, 9.17) is 16.5 Å². The fourth-order valence-electron chi connectivity index (χ4n) is 12.1. The Morgan fingerprint density at radius 3 is 1.90 bits per heavy atom. The van der Waals surface area contributed by atoms with Crippen molar-refractivity contribution in [3.05, 3.63) is 133 Å². The predicted octanol–water partition coefficient (Wildman–Crippen LogP) is 14.2. The lowest BCUT2D eigenvalue weighted by atomic mass is 9.54. The van der Waals surface area contributed by atoms with Crippen LogP contribution in [0, 0.1) is 40.9 Å². The molecule has 0 saturated heterocycles. The van der Waals surface area contributed by atoms with E-state index in [1.807, 2.05) is 0 Å². The molecule has 0 radical (unpaired) electrons. The van der Waals surface area contributed by atoms with Crippen LogP contribution >= 0.6 is 14.0 Å². The van der Waals surface area contributed by atoms with Crippen LogP contribution in [0.1, 0.15) is 125 Å². The number of hydrogen-bond donors (Lipinski definition) is 0. The lowest BCUT2D eigenvalue weighted by Crippen LogP contribution is -2.43. The predicted molar refractivity (Wildman–Crippen MR) is 264 cm³/mol. The van der Waals surface area contributed by atoms with Gasteiger partial charge in [0.2, 0.25) is 0 Å². The molecule has 4 heteroatoms. The molecule has 3 unspecified atom stereocenters. The molecule has 7 rings (SSSR count). The van der Waals surface area contributed by atoms with Gasteiger partial charge in [-0.15, -0.1) is 0 Å². The molecule has 1 nitrogen and oxygen atoms in total. The van der Waals surface area contributed by atoms with Gasteiger partial charge < -0.3 is 4.74 Å². The minimum atomic E-state index is -2.32. The van der Waals surface area contributed by atoms with Crippen molar-refractivity contribution in [1.29, 1.82) is 0 Å². The third-order valence-corrected chi connectivity index (χ3v) is 25.2. The van der Waals surface area contributed by atoms with Crippen molar-refractivity contribution in [3.63, 3.8) is 0 Å². The highest BCUT2D eigenvalue weighted by Gasteiger charge is 2.54. The standard InChI is InChI=1S/C55H74OP2S/c1-6-7-23-46(41-44-32-33-51-45(40-44)36-38-55(5)52(34-35-53(51)55)43(4)22-20-21-42(2)3)56-39-37-54(57(47-24-12-8-13-25-47)48-26-14-9-15-27-48)58(59,49-28-16-10-17-29-49)50-30-18-11-19-31-50/h8-19,24-32,42-43,45-46,51-54H,6-7,20-23,33-41H2,1-5H3/t43?,45-,46+,51-,52?,53+,54?,55-/m1/s1. The molecular weight excluding hydrogens is 771 g/mol. The van der Waals surface area contributed by atoms with Gasteiger partial charge in [0.25, 0.3) is 0 Å².